The summed E-state index contributed by atoms with van der Waals surface area (Å²) in [5, 5.41) is 11.0. The average Bonchev–Trinajstić information content (AvgIpc) is 3.61. The third kappa shape index (κ3) is 4.52. The Morgan fingerprint density at radius 3 is 2.14 bits per heavy atom. The van der Waals surface area contributed by atoms with Gasteiger partial charge in [-0.15, -0.1) is 0 Å². The number of nitro groups is 1. The van der Waals surface area contributed by atoms with Crippen LogP contribution in [0.3, 0.4) is 0 Å². The van der Waals surface area contributed by atoms with Crippen LogP contribution >= 0.6 is 0 Å². The summed E-state index contributed by atoms with van der Waals surface area (Å²) in [4.78, 5) is 36.7. The van der Waals surface area contributed by atoms with Gasteiger partial charge in [-0.3, -0.25) is 14.9 Å². The quantitative estimate of drug-likeness (QED) is 0.167. The van der Waals surface area contributed by atoms with E-state index in [9.17, 15) is 19.7 Å². The topological polar surface area (TPSA) is 151 Å². The lowest BCUT2D eigenvalue weighted by atomic mass is 9.66. The van der Waals surface area contributed by atoms with Gasteiger partial charge < -0.3 is 37.9 Å². The standard InChI is InChI=1S/C29H25NO12/c1-35-22-8-14(9-23(36-2)27(22)37-3)24-17-10-20-21(40-13-39-20)11-18(17)26(19-12-38-28(31)25(19)24)42-29(32)41-16-6-4-15(5-7-16)30(33)34/h4-11,19,24-26H,12-13H2,1-3H3/t19-,24+,25-,26-/m0/s1. The van der Waals surface area contributed by atoms with Gasteiger partial charge in [-0.1, -0.05) is 0 Å². The molecule has 3 aromatic rings. The van der Waals surface area contributed by atoms with Crippen molar-refractivity contribution in [1.82, 2.24) is 0 Å². The maximum absolute atomic E-state index is 13.3. The van der Waals surface area contributed by atoms with Crippen molar-refractivity contribution in [2.24, 2.45) is 11.8 Å². The second kappa shape index (κ2) is 10.7. The predicted octanol–water partition coefficient (Wildman–Crippen LogP) is 4.54. The van der Waals surface area contributed by atoms with Crippen molar-refractivity contribution in [1.29, 1.82) is 0 Å². The summed E-state index contributed by atoms with van der Waals surface area (Å²) in [6.07, 6.45) is -2.00. The second-order valence-electron chi connectivity index (χ2n) is 9.73. The number of carbonyl (C=O) groups is 2. The SMILES string of the molecule is COc1cc([C@@H]2c3cc4c(cc3[C@H](OC(=O)Oc3ccc([N+](=O)[O-])cc3)[C@H]3COC(=O)[C@H]23)OCO4)cc(OC)c1OC. The molecule has 4 atom stereocenters. The van der Waals surface area contributed by atoms with E-state index in [1.54, 1.807) is 24.3 Å². The summed E-state index contributed by atoms with van der Waals surface area (Å²) in [7, 11) is 4.50. The van der Waals surface area contributed by atoms with E-state index in [2.05, 4.69) is 0 Å². The fraction of sp³-hybridized carbons (Fsp3) is 0.310. The van der Waals surface area contributed by atoms with Gasteiger partial charge >= 0.3 is 12.1 Å². The first-order valence-electron chi connectivity index (χ1n) is 12.9. The normalized spacial score (nSPS) is 21.5. The van der Waals surface area contributed by atoms with E-state index in [1.165, 1.54) is 45.6 Å². The van der Waals surface area contributed by atoms with E-state index < -0.39 is 40.9 Å². The monoisotopic (exact) mass is 579 g/mol. The van der Waals surface area contributed by atoms with Gasteiger partial charge in [0.05, 0.1) is 38.8 Å². The molecule has 13 nitrogen and oxygen atoms in total. The van der Waals surface area contributed by atoms with Crippen LogP contribution in [0.25, 0.3) is 0 Å². The number of methoxy groups -OCH3 is 3. The predicted molar refractivity (Wildman–Crippen MR) is 141 cm³/mol. The third-order valence-electron chi connectivity index (χ3n) is 7.64. The molecule has 1 fully saturated rings. The molecule has 0 saturated carbocycles. The molecule has 3 aromatic carbocycles. The number of ether oxygens (including phenoxy) is 8. The molecule has 0 amide bonds. The third-order valence-corrected chi connectivity index (χ3v) is 7.64. The van der Waals surface area contributed by atoms with Crippen LogP contribution in [-0.4, -0.2) is 51.8 Å². The van der Waals surface area contributed by atoms with Crippen LogP contribution in [0.5, 0.6) is 34.5 Å². The number of benzene rings is 3. The Kier molecular flexibility index (Phi) is 6.85. The summed E-state index contributed by atoms with van der Waals surface area (Å²) in [6, 6.07) is 12.0. The van der Waals surface area contributed by atoms with Crippen LogP contribution in [0, 0.1) is 22.0 Å². The van der Waals surface area contributed by atoms with Crippen molar-refractivity contribution >= 4 is 17.8 Å². The molecule has 6 rings (SSSR count). The van der Waals surface area contributed by atoms with E-state index in [-0.39, 0.29) is 24.8 Å². The van der Waals surface area contributed by atoms with Gasteiger partial charge in [0.2, 0.25) is 12.5 Å². The molecule has 0 unspecified atom stereocenters. The van der Waals surface area contributed by atoms with E-state index in [1.807, 2.05) is 0 Å². The lowest BCUT2D eigenvalue weighted by Gasteiger charge is -2.38. The number of carbonyl (C=O) groups excluding carboxylic acids is 2. The highest BCUT2D eigenvalue weighted by Gasteiger charge is 2.54. The molecular formula is C29H25NO12. The molecule has 3 aliphatic rings. The molecule has 218 valence electrons. The zero-order chi connectivity index (χ0) is 29.5. The number of fused-ring (bicyclic) bond motifs is 3. The molecule has 0 N–H and O–H groups in total. The van der Waals surface area contributed by atoms with Crippen molar-refractivity contribution in [3.8, 4) is 34.5 Å². The number of hydrogen-bond acceptors (Lipinski definition) is 12. The number of esters is 1. The maximum atomic E-state index is 13.3. The van der Waals surface area contributed by atoms with Crippen LogP contribution in [-0.2, 0) is 14.3 Å². The Bertz CT molecular complexity index is 1540. The molecule has 0 aromatic heterocycles. The number of cyclic esters (lactones) is 1. The number of hydrogen-bond donors (Lipinski definition) is 0. The van der Waals surface area contributed by atoms with Gasteiger partial charge in [0, 0.05) is 29.5 Å². The van der Waals surface area contributed by atoms with Gasteiger partial charge in [0.1, 0.15) is 11.9 Å². The molecular weight excluding hydrogens is 554 g/mol. The van der Waals surface area contributed by atoms with Gasteiger partial charge in [-0.25, -0.2) is 4.79 Å². The highest BCUT2D eigenvalue weighted by atomic mass is 16.7. The minimum absolute atomic E-state index is 0.00617. The van der Waals surface area contributed by atoms with Gasteiger partial charge in [0.25, 0.3) is 5.69 Å². The van der Waals surface area contributed by atoms with Crippen LogP contribution in [0.2, 0.25) is 0 Å². The number of non-ortho nitro benzene ring substituents is 1. The summed E-state index contributed by atoms with van der Waals surface area (Å²) in [5.74, 6) is -0.167. The highest BCUT2D eigenvalue weighted by molar-refractivity contribution is 5.79. The summed E-state index contributed by atoms with van der Waals surface area (Å²) < 4.78 is 44.6. The van der Waals surface area contributed by atoms with E-state index in [4.69, 9.17) is 37.9 Å². The minimum atomic E-state index is -1.05. The molecule has 0 bridgehead atoms. The molecule has 0 radical (unpaired) electrons. The highest BCUT2D eigenvalue weighted by Crippen LogP contribution is 2.56. The van der Waals surface area contributed by atoms with Crippen LogP contribution in [0.1, 0.15) is 28.7 Å². The van der Waals surface area contributed by atoms with Crippen molar-refractivity contribution in [2.45, 2.75) is 12.0 Å². The smallest absolute Gasteiger partial charge is 0.493 e. The van der Waals surface area contributed by atoms with Crippen molar-refractivity contribution in [3.63, 3.8) is 0 Å². The molecule has 2 heterocycles. The number of nitro benzene ring substituents is 1. The number of rotatable bonds is 7. The Balaban J connectivity index is 1.42. The van der Waals surface area contributed by atoms with Gasteiger partial charge in [-0.2, -0.15) is 0 Å². The minimum Gasteiger partial charge on any atom is -0.493 e. The van der Waals surface area contributed by atoms with Crippen LogP contribution < -0.4 is 28.4 Å². The molecule has 1 saturated heterocycles. The van der Waals surface area contributed by atoms with Crippen LogP contribution in [0.4, 0.5) is 10.5 Å². The zero-order valence-electron chi connectivity index (χ0n) is 22.7. The van der Waals surface area contributed by atoms with Crippen molar-refractivity contribution in [2.75, 3.05) is 34.7 Å². The summed E-state index contributed by atoms with van der Waals surface area (Å²) in [5.41, 5.74) is 1.76. The Labute approximate surface area is 238 Å². The maximum Gasteiger partial charge on any atom is 0.514 e. The molecule has 1 aliphatic carbocycles. The first-order valence-corrected chi connectivity index (χ1v) is 12.9. The van der Waals surface area contributed by atoms with Crippen LogP contribution in [0.15, 0.2) is 48.5 Å². The van der Waals surface area contributed by atoms with E-state index >= 15 is 0 Å². The Hall–Kier alpha value is -5.20. The lowest BCUT2D eigenvalue weighted by Crippen LogP contribution is -2.37. The molecule has 13 heteroatoms. The van der Waals surface area contributed by atoms with Crippen molar-refractivity contribution in [3.05, 3.63) is 75.3 Å². The Morgan fingerprint density at radius 2 is 1.55 bits per heavy atom. The fourth-order valence-electron chi connectivity index (χ4n) is 5.80. The fourth-order valence-corrected chi connectivity index (χ4v) is 5.80. The lowest BCUT2D eigenvalue weighted by molar-refractivity contribution is -0.384. The zero-order valence-corrected chi connectivity index (χ0v) is 22.7. The average molecular weight is 580 g/mol. The first kappa shape index (κ1) is 27.0. The Morgan fingerprint density at radius 1 is 0.905 bits per heavy atom. The first-order chi connectivity index (χ1) is 20.3. The van der Waals surface area contributed by atoms with Gasteiger partial charge in [0.15, 0.2) is 23.0 Å². The molecule has 42 heavy (non-hydrogen) atoms. The molecule has 2 aliphatic heterocycles. The number of nitrogens with zero attached hydrogens (tertiary/aromatic N) is 1. The largest absolute Gasteiger partial charge is 0.514 e. The summed E-state index contributed by atoms with van der Waals surface area (Å²) in [6.45, 7) is 0.00344. The van der Waals surface area contributed by atoms with E-state index in [0.717, 1.165) is 0 Å². The molecule has 0 spiro atoms. The second-order valence-corrected chi connectivity index (χ2v) is 9.73. The van der Waals surface area contributed by atoms with E-state index in [0.29, 0.717) is 45.4 Å². The van der Waals surface area contributed by atoms with Gasteiger partial charge in [-0.05, 0) is 47.5 Å². The summed E-state index contributed by atoms with van der Waals surface area (Å²) >= 11 is 0. The van der Waals surface area contributed by atoms with Crippen molar-refractivity contribution < 1.29 is 52.4 Å².